The second-order valence-electron chi connectivity index (χ2n) is 8.79. The molecule has 4 aliphatic rings. The van der Waals surface area contributed by atoms with E-state index < -0.39 is 0 Å². The van der Waals surface area contributed by atoms with Gasteiger partial charge in [-0.15, -0.1) is 24.0 Å². The van der Waals surface area contributed by atoms with E-state index in [1.165, 1.54) is 30.8 Å². The van der Waals surface area contributed by atoms with Gasteiger partial charge in [0.15, 0.2) is 5.96 Å². The van der Waals surface area contributed by atoms with Crippen molar-refractivity contribution in [2.24, 2.45) is 34.6 Å². The monoisotopic (exact) mass is 515 g/mol. The lowest BCUT2D eigenvalue weighted by molar-refractivity contribution is -0.140. The highest BCUT2D eigenvalue weighted by atomic mass is 127. The molecule has 0 aromatic rings. The topological polar surface area (TPSA) is 77.0 Å². The van der Waals surface area contributed by atoms with Gasteiger partial charge in [-0.1, -0.05) is 12.2 Å². The van der Waals surface area contributed by atoms with E-state index in [1.54, 1.807) is 7.05 Å². The minimum atomic E-state index is -0.102. The second-order valence-corrected chi connectivity index (χ2v) is 8.79. The highest BCUT2D eigenvalue weighted by Crippen LogP contribution is 2.52. The average Bonchev–Trinajstić information content (AvgIpc) is 3.37. The first-order valence-corrected chi connectivity index (χ1v) is 10.7. The standard InChI is InChI=1S/C21H33N5O2.HI/c1-22-21(23-8-5-14-6-10-25(2)11-7-14)24-9-12-26-19(27)17-15-3-4-16(13-15)18(17)20(26)28;/h3-4,14-18H,5-13H2,1-2H3,(H2,22,23,24);1H. The van der Waals surface area contributed by atoms with Crippen molar-refractivity contribution in [1.82, 2.24) is 20.4 Å². The van der Waals surface area contributed by atoms with Crippen LogP contribution < -0.4 is 10.6 Å². The molecular formula is C21H34IN5O2. The molecule has 7 nitrogen and oxygen atoms in total. The summed E-state index contributed by atoms with van der Waals surface area (Å²) >= 11 is 0. The maximum Gasteiger partial charge on any atom is 0.233 e. The Balaban J connectivity index is 0.00000240. The van der Waals surface area contributed by atoms with E-state index in [2.05, 4.69) is 39.7 Å². The third-order valence-electron chi connectivity index (χ3n) is 7.10. The normalized spacial score (nSPS) is 31.9. The predicted molar refractivity (Wildman–Crippen MR) is 124 cm³/mol. The van der Waals surface area contributed by atoms with Crippen molar-refractivity contribution in [3.63, 3.8) is 0 Å². The minimum Gasteiger partial charge on any atom is -0.356 e. The third-order valence-corrected chi connectivity index (χ3v) is 7.10. The lowest BCUT2D eigenvalue weighted by atomic mass is 9.85. The lowest BCUT2D eigenvalue weighted by Gasteiger charge is -2.29. The van der Waals surface area contributed by atoms with Crippen molar-refractivity contribution < 1.29 is 9.59 Å². The van der Waals surface area contributed by atoms with Crippen LogP contribution in [0.1, 0.15) is 25.7 Å². The van der Waals surface area contributed by atoms with Gasteiger partial charge in [-0.05, 0) is 63.6 Å². The number of amides is 2. The highest BCUT2D eigenvalue weighted by Gasteiger charge is 2.58. The van der Waals surface area contributed by atoms with E-state index in [9.17, 15) is 9.59 Å². The molecule has 0 spiro atoms. The van der Waals surface area contributed by atoms with E-state index in [-0.39, 0.29) is 59.5 Å². The molecule has 4 unspecified atom stereocenters. The molecule has 2 amide bonds. The summed E-state index contributed by atoms with van der Waals surface area (Å²) in [6.45, 7) is 4.23. The Morgan fingerprint density at radius 1 is 1.07 bits per heavy atom. The van der Waals surface area contributed by atoms with E-state index in [4.69, 9.17) is 0 Å². The summed E-state index contributed by atoms with van der Waals surface area (Å²) in [6, 6.07) is 0. The predicted octanol–water partition coefficient (Wildman–Crippen LogP) is 1.31. The lowest BCUT2D eigenvalue weighted by Crippen LogP contribution is -2.44. The highest BCUT2D eigenvalue weighted by molar-refractivity contribution is 14.0. The zero-order valence-electron chi connectivity index (χ0n) is 17.5. The van der Waals surface area contributed by atoms with E-state index in [0.29, 0.717) is 13.1 Å². The van der Waals surface area contributed by atoms with Crippen LogP contribution in [-0.4, -0.2) is 74.4 Å². The van der Waals surface area contributed by atoms with Crippen LogP contribution in [0.4, 0.5) is 0 Å². The first kappa shape index (κ1) is 22.5. The number of hydrogen-bond donors (Lipinski definition) is 2. The summed E-state index contributed by atoms with van der Waals surface area (Å²) in [5.74, 6) is 1.93. The quantitative estimate of drug-likeness (QED) is 0.184. The number of rotatable bonds is 6. The summed E-state index contributed by atoms with van der Waals surface area (Å²) in [5.41, 5.74) is 0. The first-order valence-electron chi connectivity index (χ1n) is 10.7. The van der Waals surface area contributed by atoms with Crippen LogP contribution in [0.3, 0.4) is 0 Å². The molecule has 162 valence electrons. The van der Waals surface area contributed by atoms with Gasteiger partial charge in [0.25, 0.3) is 0 Å². The van der Waals surface area contributed by atoms with Crippen LogP contribution in [0.15, 0.2) is 17.1 Å². The average molecular weight is 515 g/mol. The minimum absolute atomic E-state index is 0. The number of nitrogens with one attached hydrogen (secondary N) is 2. The van der Waals surface area contributed by atoms with Crippen LogP contribution in [0, 0.1) is 29.6 Å². The smallest absolute Gasteiger partial charge is 0.233 e. The molecule has 8 heteroatoms. The van der Waals surface area contributed by atoms with Gasteiger partial charge in [0, 0.05) is 26.7 Å². The van der Waals surface area contributed by atoms with Crippen LogP contribution in [0.25, 0.3) is 0 Å². The molecule has 2 saturated heterocycles. The fraction of sp³-hybridized carbons (Fsp3) is 0.762. The van der Waals surface area contributed by atoms with Gasteiger partial charge in [0.2, 0.25) is 11.8 Å². The second kappa shape index (κ2) is 9.76. The maximum absolute atomic E-state index is 12.7. The van der Waals surface area contributed by atoms with E-state index in [1.807, 2.05) is 0 Å². The number of piperidine rings is 1. The van der Waals surface area contributed by atoms with Crippen molar-refractivity contribution in [2.45, 2.75) is 25.7 Å². The number of nitrogens with zero attached hydrogens (tertiary/aromatic N) is 3. The van der Waals surface area contributed by atoms with Gasteiger partial charge < -0.3 is 15.5 Å². The van der Waals surface area contributed by atoms with Crippen molar-refractivity contribution >= 4 is 41.8 Å². The van der Waals surface area contributed by atoms with Gasteiger partial charge in [-0.3, -0.25) is 19.5 Å². The molecule has 2 bridgehead atoms. The van der Waals surface area contributed by atoms with Crippen LogP contribution in [-0.2, 0) is 9.59 Å². The number of halogens is 1. The molecular weight excluding hydrogens is 481 g/mol. The Morgan fingerprint density at radius 2 is 1.66 bits per heavy atom. The summed E-state index contributed by atoms with van der Waals surface area (Å²) < 4.78 is 0. The molecule has 3 fully saturated rings. The molecule has 0 radical (unpaired) electrons. The SMILES string of the molecule is CN=C(NCCC1CCN(C)CC1)NCCN1C(=O)C2C3C=CC(C3)C2C1=O.I. The molecule has 4 rings (SSSR count). The van der Waals surface area contributed by atoms with Crippen LogP contribution >= 0.6 is 24.0 Å². The Hall–Kier alpha value is -1.16. The Morgan fingerprint density at radius 3 is 2.24 bits per heavy atom. The first-order chi connectivity index (χ1) is 13.6. The van der Waals surface area contributed by atoms with Crippen molar-refractivity contribution in [3.8, 4) is 0 Å². The number of aliphatic imine (C=N–C) groups is 1. The summed E-state index contributed by atoms with van der Waals surface area (Å²) in [6.07, 6.45) is 8.93. The number of likely N-dealkylation sites (tertiary alicyclic amines) is 2. The van der Waals surface area contributed by atoms with Gasteiger partial charge in [-0.2, -0.15) is 0 Å². The number of imide groups is 1. The van der Waals surface area contributed by atoms with Crippen molar-refractivity contribution in [1.29, 1.82) is 0 Å². The molecule has 29 heavy (non-hydrogen) atoms. The van der Waals surface area contributed by atoms with E-state index in [0.717, 1.165) is 31.3 Å². The number of carbonyl (C=O) groups excluding carboxylic acids is 2. The number of hydrogen-bond acceptors (Lipinski definition) is 4. The maximum atomic E-state index is 12.7. The van der Waals surface area contributed by atoms with Crippen LogP contribution in [0.5, 0.6) is 0 Å². The molecule has 2 aliphatic carbocycles. The molecule has 2 heterocycles. The van der Waals surface area contributed by atoms with Gasteiger partial charge >= 0.3 is 0 Å². The van der Waals surface area contributed by atoms with E-state index >= 15 is 0 Å². The molecule has 4 atom stereocenters. The van der Waals surface area contributed by atoms with Crippen LogP contribution in [0.2, 0.25) is 0 Å². The van der Waals surface area contributed by atoms with Crippen molar-refractivity contribution in [2.75, 3.05) is 46.8 Å². The molecule has 0 aromatic heterocycles. The molecule has 2 aliphatic heterocycles. The Kier molecular flexibility index (Phi) is 7.58. The largest absolute Gasteiger partial charge is 0.356 e. The Labute approximate surface area is 190 Å². The van der Waals surface area contributed by atoms with Crippen molar-refractivity contribution in [3.05, 3.63) is 12.2 Å². The number of guanidine groups is 1. The fourth-order valence-corrected chi connectivity index (χ4v) is 5.44. The number of fused-ring (bicyclic) bond motifs is 5. The van der Waals surface area contributed by atoms with Gasteiger partial charge in [0.05, 0.1) is 11.8 Å². The zero-order chi connectivity index (χ0) is 19.7. The fourth-order valence-electron chi connectivity index (χ4n) is 5.44. The molecule has 0 aromatic carbocycles. The summed E-state index contributed by atoms with van der Waals surface area (Å²) in [5, 5.41) is 6.62. The van der Waals surface area contributed by atoms with Gasteiger partial charge in [0.1, 0.15) is 0 Å². The van der Waals surface area contributed by atoms with Gasteiger partial charge in [-0.25, -0.2) is 0 Å². The number of allylic oxidation sites excluding steroid dienone is 2. The number of carbonyl (C=O) groups is 2. The zero-order valence-corrected chi connectivity index (χ0v) is 19.8. The molecule has 2 N–H and O–H groups in total. The summed E-state index contributed by atoms with van der Waals surface area (Å²) in [4.78, 5) is 33.5. The molecule has 1 saturated carbocycles. The Bertz CT molecular complexity index is 644. The summed E-state index contributed by atoms with van der Waals surface area (Å²) in [7, 11) is 3.94. The third kappa shape index (κ3) is 4.62.